The van der Waals surface area contributed by atoms with Crippen molar-refractivity contribution in [2.24, 2.45) is 11.7 Å². The number of aliphatic hydroxyl groups excluding tert-OH is 1. The monoisotopic (exact) mass is 858 g/mol. The van der Waals surface area contributed by atoms with Gasteiger partial charge in [-0.25, -0.2) is 4.79 Å². The van der Waals surface area contributed by atoms with Gasteiger partial charge in [0.05, 0.1) is 98.5 Å². The quantitative estimate of drug-likeness (QED) is 0.0401. The van der Waals surface area contributed by atoms with Gasteiger partial charge in [0.25, 0.3) is 0 Å². The van der Waals surface area contributed by atoms with E-state index in [1.165, 1.54) is 0 Å². The Bertz CT molecular complexity index is 1310. The second kappa shape index (κ2) is 35.7. The summed E-state index contributed by atoms with van der Waals surface area (Å²) in [4.78, 5) is 63.6. The molecule has 344 valence electrons. The van der Waals surface area contributed by atoms with E-state index < -0.39 is 41.9 Å². The molecule has 0 spiro atoms. The predicted octanol–water partition coefficient (Wildman–Crippen LogP) is -0.188. The van der Waals surface area contributed by atoms with Gasteiger partial charge in [0.1, 0.15) is 12.1 Å². The van der Waals surface area contributed by atoms with E-state index in [9.17, 15) is 29.1 Å². The zero-order valence-electron chi connectivity index (χ0n) is 35.9. The van der Waals surface area contributed by atoms with Crippen molar-refractivity contribution in [1.82, 2.24) is 26.6 Å². The van der Waals surface area contributed by atoms with Crippen LogP contribution in [-0.4, -0.2) is 166 Å². The standard InChI is InChI=1S/C40H71N7O13/c1-5-54-17-18-56-21-22-58-25-26-60-28-27-59-24-23-57-20-19-55-16-15-43-35(49)13-12-33(42-4)37(50)47-36(30(2)3)39(52)46-34(7-6-14-44-40(41)53)38(51)45-32-10-8-31(29-48)9-11-32/h8-11,30,33-34,36,42,48H,5-7,12-29H2,1-4H3,(H,43,49)(H,45,51)(H,46,52)(H,47,50)(H3,41,44,53)/t33-,34-,36-/m0/s1. The summed E-state index contributed by atoms with van der Waals surface area (Å²) in [7, 11) is 1.58. The van der Waals surface area contributed by atoms with E-state index in [1.807, 2.05) is 6.92 Å². The van der Waals surface area contributed by atoms with Crippen LogP contribution in [0.3, 0.4) is 0 Å². The number of ether oxygens (including phenoxy) is 7. The van der Waals surface area contributed by atoms with E-state index in [1.54, 1.807) is 45.2 Å². The van der Waals surface area contributed by atoms with Crippen LogP contribution in [0.1, 0.15) is 52.0 Å². The summed E-state index contributed by atoms with van der Waals surface area (Å²) >= 11 is 0. The number of likely N-dealkylation sites (N-methyl/N-ethyl adjacent to an activating group) is 1. The third-order valence-electron chi connectivity index (χ3n) is 8.58. The van der Waals surface area contributed by atoms with E-state index in [0.717, 1.165) is 0 Å². The third kappa shape index (κ3) is 27.7. The minimum atomic E-state index is -1.01. The molecule has 1 aromatic rings. The molecule has 0 unspecified atom stereocenters. The molecule has 0 aliphatic rings. The van der Waals surface area contributed by atoms with Gasteiger partial charge in [-0.3, -0.25) is 19.2 Å². The number of aliphatic hydroxyl groups is 1. The number of anilines is 1. The number of rotatable bonds is 38. The molecule has 0 saturated heterocycles. The zero-order chi connectivity index (χ0) is 44.2. The van der Waals surface area contributed by atoms with Gasteiger partial charge in [-0.2, -0.15) is 0 Å². The SMILES string of the molecule is CCOCCOCCOCCOCCOCCOCCOCCNC(=O)CC[C@H](NC)C(=O)N[C@H](C(=O)N[C@@H](CCCNC(N)=O)C(=O)Nc1ccc(CO)cc1)C(C)C. The van der Waals surface area contributed by atoms with Crippen molar-refractivity contribution in [2.75, 3.05) is 118 Å². The van der Waals surface area contributed by atoms with Crippen LogP contribution in [0.2, 0.25) is 0 Å². The highest BCUT2D eigenvalue weighted by atomic mass is 16.6. The molecule has 0 fully saturated rings. The van der Waals surface area contributed by atoms with Crippen molar-refractivity contribution in [3.8, 4) is 0 Å². The Kier molecular flexibility index (Phi) is 32.2. The molecule has 0 aromatic heterocycles. The summed E-state index contributed by atoms with van der Waals surface area (Å²) in [5, 5.41) is 25.7. The normalized spacial score (nSPS) is 12.7. The largest absolute Gasteiger partial charge is 0.392 e. The van der Waals surface area contributed by atoms with E-state index in [4.69, 9.17) is 38.9 Å². The van der Waals surface area contributed by atoms with Crippen molar-refractivity contribution in [2.45, 2.75) is 71.2 Å². The highest BCUT2D eigenvalue weighted by Crippen LogP contribution is 2.12. The maximum absolute atomic E-state index is 13.5. The van der Waals surface area contributed by atoms with E-state index in [2.05, 4.69) is 31.9 Å². The molecule has 20 heteroatoms. The third-order valence-corrected chi connectivity index (χ3v) is 8.58. The Hall–Kier alpha value is -3.99. The number of nitrogens with two attached hydrogens (primary N) is 1. The van der Waals surface area contributed by atoms with Crippen LogP contribution < -0.4 is 37.6 Å². The van der Waals surface area contributed by atoms with Crippen LogP contribution in [-0.2, 0) is 58.9 Å². The Morgan fingerprint density at radius 2 is 1.15 bits per heavy atom. The zero-order valence-corrected chi connectivity index (χ0v) is 35.9. The average Bonchev–Trinajstić information content (AvgIpc) is 3.23. The van der Waals surface area contributed by atoms with E-state index in [0.29, 0.717) is 104 Å². The number of hydrogen-bond donors (Lipinski definition) is 8. The molecule has 0 saturated carbocycles. The van der Waals surface area contributed by atoms with Gasteiger partial charge >= 0.3 is 6.03 Å². The van der Waals surface area contributed by atoms with E-state index in [-0.39, 0.29) is 57.4 Å². The van der Waals surface area contributed by atoms with Crippen LogP contribution in [0.25, 0.3) is 0 Å². The highest BCUT2D eigenvalue weighted by molar-refractivity contribution is 5.98. The van der Waals surface area contributed by atoms with Crippen LogP contribution in [0.15, 0.2) is 24.3 Å². The number of nitrogens with one attached hydrogen (secondary N) is 6. The number of carbonyl (C=O) groups excluding carboxylic acids is 5. The first-order valence-electron chi connectivity index (χ1n) is 20.6. The number of amides is 6. The molecule has 1 rings (SSSR count). The number of carbonyl (C=O) groups is 5. The second-order valence-corrected chi connectivity index (χ2v) is 13.7. The molecule has 0 aliphatic heterocycles. The van der Waals surface area contributed by atoms with Crippen LogP contribution in [0.4, 0.5) is 10.5 Å². The maximum atomic E-state index is 13.5. The molecule has 3 atom stereocenters. The molecule has 20 nitrogen and oxygen atoms in total. The van der Waals surface area contributed by atoms with Crippen LogP contribution in [0, 0.1) is 5.92 Å². The first kappa shape index (κ1) is 54.0. The lowest BCUT2D eigenvalue weighted by atomic mass is 10.0. The summed E-state index contributed by atoms with van der Waals surface area (Å²) in [6.45, 7) is 12.3. The summed E-state index contributed by atoms with van der Waals surface area (Å²) in [6.07, 6.45) is 0.701. The molecule has 1 aromatic carbocycles. The van der Waals surface area contributed by atoms with Crippen molar-refractivity contribution >= 4 is 35.3 Å². The van der Waals surface area contributed by atoms with Crippen molar-refractivity contribution in [3.63, 3.8) is 0 Å². The number of urea groups is 1. The average molecular weight is 858 g/mol. The minimum absolute atomic E-state index is 0.0471. The van der Waals surface area contributed by atoms with Crippen molar-refractivity contribution < 1.29 is 62.2 Å². The fourth-order valence-electron chi connectivity index (χ4n) is 5.26. The first-order chi connectivity index (χ1) is 29.0. The predicted molar refractivity (Wildman–Crippen MR) is 223 cm³/mol. The first-order valence-corrected chi connectivity index (χ1v) is 20.6. The molecule has 6 amide bonds. The highest BCUT2D eigenvalue weighted by Gasteiger charge is 2.30. The molecular formula is C40H71N7O13. The lowest BCUT2D eigenvalue weighted by Gasteiger charge is -2.27. The Balaban J connectivity index is 2.31. The van der Waals surface area contributed by atoms with E-state index >= 15 is 0 Å². The van der Waals surface area contributed by atoms with Crippen LogP contribution in [0.5, 0.6) is 0 Å². The Morgan fingerprint density at radius 3 is 1.62 bits per heavy atom. The minimum Gasteiger partial charge on any atom is -0.392 e. The topological polar surface area (TPSA) is 268 Å². The Morgan fingerprint density at radius 1 is 0.633 bits per heavy atom. The van der Waals surface area contributed by atoms with Gasteiger partial charge in [-0.1, -0.05) is 26.0 Å². The summed E-state index contributed by atoms with van der Waals surface area (Å²) in [5.74, 6) is -2.18. The van der Waals surface area contributed by atoms with Gasteiger partial charge in [-0.05, 0) is 56.8 Å². The van der Waals surface area contributed by atoms with Crippen molar-refractivity contribution in [1.29, 1.82) is 0 Å². The fourth-order valence-corrected chi connectivity index (χ4v) is 5.26. The molecule has 9 N–H and O–H groups in total. The molecule has 0 bridgehead atoms. The number of benzene rings is 1. The van der Waals surface area contributed by atoms with Gasteiger partial charge in [0, 0.05) is 31.8 Å². The molecule has 0 aliphatic carbocycles. The molecule has 0 heterocycles. The second-order valence-electron chi connectivity index (χ2n) is 13.7. The van der Waals surface area contributed by atoms with Gasteiger partial charge in [0.2, 0.25) is 23.6 Å². The van der Waals surface area contributed by atoms with Gasteiger partial charge < -0.3 is 75.9 Å². The number of hydrogen-bond acceptors (Lipinski definition) is 14. The summed E-state index contributed by atoms with van der Waals surface area (Å²) in [6, 6.07) is 3.07. The maximum Gasteiger partial charge on any atom is 0.312 e. The van der Waals surface area contributed by atoms with Crippen LogP contribution >= 0.6 is 0 Å². The lowest BCUT2D eigenvalue weighted by Crippen LogP contribution is -2.57. The molecule has 60 heavy (non-hydrogen) atoms. The molecular weight excluding hydrogens is 786 g/mol. The van der Waals surface area contributed by atoms with Crippen molar-refractivity contribution in [3.05, 3.63) is 29.8 Å². The fraction of sp³-hybridized carbons (Fsp3) is 0.725. The lowest BCUT2D eigenvalue weighted by molar-refractivity contribution is -0.133. The smallest absolute Gasteiger partial charge is 0.312 e. The molecule has 0 radical (unpaired) electrons. The number of primary amides is 1. The van der Waals surface area contributed by atoms with Gasteiger partial charge in [-0.15, -0.1) is 0 Å². The summed E-state index contributed by atoms with van der Waals surface area (Å²) in [5.41, 5.74) is 6.27. The summed E-state index contributed by atoms with van der Waals surface area (Å²) < 4.78 is 37.9. The Labute approximate surface area is 354 Å². The van der Waals surface area contributed by atoms with Gasteiger partial charge in [0.15, 0.2) is 0 Å².